The summed E-state index contributed by atoms with van der Waals surface area (Å²) in [5.74, 6) is 2.13. The van der Waals surface area contributed by atoms with Crippen molar-refractivity contribution in [3.63, 3.8) is 0 Å². The zero-order chi connectivity index (χ0) is 84.3. The van der Waals surface area contributed by atoms with E-state index >= 15 is 0 Å². The average molecular weight is 1680 g/mol. The third-order valence-electron chi connectivity index (χ3n) is 20.7. The number of nitrogens with zero attached hydrogens (tertiary/aromatic N) is 2. The zero-order valence-electron chi connectivity index (χ0n) is 65.1. The molecule has 7 aromatic rings. The lowest BCUT2D eigenvalue weighted by Gasteiger charge is -2.39. The number of hydrogen-bond donors (Lipinski definition) is 18. The van der Waals surface area contributed by atoms with Crippen molar-refractivity contribution in [1.82, 2.24) is 19.9 Å². The number of ether oxygens (including phenoxy) is 16. The highest BCUT2D eigenvalue weighted by Crippen LogP contribution is 2.41. The SMILES string of the molecule is OC[C@H]1O[C@H](OCCOCCOc2ccc(-c3c4nc(c(-c5ccc(OCCOCCO[C@H]6O[C@H](CO)[C@@H](O)[C@H](O)[C@@H]6O)cc5)c5ccc([nH]5)c(-c5ccc(OCCOCCO[C@H]6O[C@H](CO)[C@@H](O)[C@H](O)[C@@H]6O)cc5)c5nc(c(-c6ccc(OCCOCCO[C@H]7O[C@H](CO)[C@@H](O)[C@H](O)[C@@H]7O)cc6)c6ccc3[nH]6)C=C5)C=C4)cc2)[C@@H](O)[C@@H](O)[C@@H]1O. The largest absolute Gasteiger partial charge is 0.491 e. The molecule has 18 N–H and O–H groups in total. The van der Waals surface area contributed by atoms with Crippen molar-refractivity contribution >= 4 is 46.4 Å². The maximum Gasteiger partial charge on any atom is 0.186 e. The van der Waals surface area contributed by atoms with Crippen molar-refractivity contribution in [3.8, 4) is 67.5 Å². The van der Waals surface area contributed by atoms with E-state index in [4.69, 9.17) is 85.8 Å². The fraction of sp³-hybridized carbons (Fsp3) is 0.476. The first-order chi connectivity index (χ1) is 58.3. The molecule has 4 saturated heterocycles. The van der Waals surface area contributed by atoms with Gasteiger partial charge in [-0.3, -0.25) is 0 Å². The van der Waals surface area contributed by atoms with Gasteiger partial charge in [-0.2, -0.15) is 0 Å². The summed E-state index contributed by atoms with van der Waals surface area (Å²) < 4.78 is 91.6. The van der Waals surface area contributed by atoms with Gasteiger partial charge in [0.05, 0.1) is 128 Å². The Morgan fingerprint density at radius 2 is 0.442 bits per heavy atom. The fourth-order valence-electron chi connectivity index (χ4n) is 14.3. The monoisotopic (exact) mass is 1680 g/mol. The van der Waals surface area contributed by atoms with Crippen LogP contribution in [0.3, 0.4) is 0 Å². The number of aliphatic hydroxyl groups excluding tert-OH is 16. The summed E-state index contributed by atoms with van der Waals surface area (Å²) in [5.41, 5.74) is 11.1. The molecule has 0 unspecified atom stereocenters. The number of benzene rings is 4. The predicted octanol–water partition coefficient (Wildman–Crippen LogP) is 0.171. The smallest absolute Gasteiger partial charge is 0.186 e. The quantitative estimate of drug-likeness (QED) is 0.0228. The van der Waals surface area contributed by atoms with E-state index in [2.05, 4.69) is 9.97 Å². The highest BCUT2D eigenvalue weighted by atomic mass is 16.7. The number of aromatic nitrogens is 4. The van der Waals surface area contributed by atoms with E-state index in [1.807, 2.05) is 146 Å². The minimum Gasteiger partial charge on any atom is -0.491 e. The number of fused-ring (bicyclic) bond motifs is 8. The van der Waals surface area contributed by atoms with Crippen LogP contribution in [0, 0.1) is 0 Å². The zero-order valence-corrected chi connectivity index (χ0v) is 65.1. The molecule has 6 aliphatic rings. The Bertz CT molecular complexity index is 4040. The second-order valence-corrected chi connectivity index (χ2v) is 28.7. The van der Waals surface area contributed by atoms with Gasteiger partial charge < -0.3 is 167 Å². The van der Waals surface area contributed by atoms with Gasteiger partial charge in [0.2, 0.25) is 0 Å². The Balaban J connectivity index is 0.787. The van der Waals surface area contributed by atoms with Crippen molar-refractivity contribution in [1.29, 1.82) is 0 Å². The lowest BCUT2D eigenvalue weighted by molar-refractivity contribution is -0.302. The van der Waals surface area contributed by atoms with E-state index in [-0.39, 0.29) is 106 Å². The summed E-state index contributed by atoms with van der Waals surface area (Å²) >= 11 is 0. The van der Waals surface area contributed by atoms with Gasteiger partial charge in [0.25, 0.3) is 0 Å². The maximum absolute atomic E-state index is 10.4. The van der Waals surface area contributed by atoms with Gasteiger partial charge in [-0.25, -0.2) is 9.97 Å². The van der Waals surface area contributed by atoms with Gasteiger partial charge in [-0.05, 0) is 119 Å². The maximum atomic E-state index is 10.4. The van der Waals surface area contributed by atoms with Crippen LogP contribution in [0.25, 0.3) is 90.9 Å². The van der Waals surface area contributed by atoms with Gasteiger partial charge in [-0.15, -0.1) is 0 Å². The number of aliphatic hydroxyl groups is 16. The third kappa shape index (κ3) is 21.8. The molecule has 120 heavy (non-hydrogen) atoms. The molecular weight excluding hydrogens is 1580 g/mol. The van der Waals surface area contributed by atoms with E-state index in [0.717, 1.165) is 44.5 Å². The minimum absolute atomic E-state index is 0.0396. The second kappa shape index (κ2) is 43.1. The number of aromatic amines is 2. The van der Waals surface area contributed by atoms with Crippen LogP contribution in [0.1, 0.15) is 22.8 Å². The van der Waals surface area contributed by atoms with Crippen molar-refractivity contribution in [2.24, 2.45) is 0 Å². The predicted molar refractivity (Wildman–Crippen MR) is 425 cm³/mol. The molecule has 13 rings (SSSR count). The fourth-order valence-corrected chi connectivity index (χ4v) is 14.3. The van der Waals surface area contributed by atoms with Crippen LogP contribution >= 0.6 is 0 Å². The Morgan fingerprint density at radius 1 is 0.242 bits per heavy atom. The first-order valence-electron chi connectivity index (χ1n) is 39.4. The molecule has 36 heteroatoms. The Hall–Kier alpha value is -8.44. The molecule has 36 nitrogen and oxygen atoms in total. The highest BCUT2D eigenvalue weighted by molar-refractivity contribution is 6.00. The molecule has 3 aromatic heterocycles. The first kappa shape index (κ1) is 89.3. The van der Waals surface area contributed by atoms with E-state index in [0.29, 0.717) is 67.8 Å². The molecule has 9 heterocycles. The van der Waals surface area contributed by atoms with Crippen molar-refractivity contribution in [2.45, 2.75) is 123 Å². The van der Waals surface area contributed by atoms with Crippen LogP contribution in [0.2, 0.25) is 0 Å². The van der Waals surface area contributed by atoms with E-state index in [9.17, 15) is 81.7 Å². The van der Waals surface area contributed by atoms with Gasteiger partial charge in [-0.1, -0.05) is 48.5 Å². The molecular formula is C84H102N4O32. The minimum atomic E-state index is -1.58. The summed E-state index contributed by atoms with van der Waals surface area (Å²) in [6, 6.07) is 38.0. The van der Waals surface area contributed by atoms with Crippen LogP contribution < -0.4 is 18.9 Å². The van der Waals surface area contributed by atoms with Crippen LogP contribution in [0.15, 0.2) is 121 Å². The normalized spacial score (nSPS) is 27.4. The van der Waals surface area contributed by atoms with Gasteiger partial charge in [0.15, 0.2) is 25.2 Å². The van der Waals surface area contributed by atoms with Crippen molar-refractivity contribution in [2.75, 3.05) is 132 Å². The van der Waals surface area contributed by atoms with Crippen molar-refractivity contribution in [3.05, 3.63) is 144 Å². The van der Waals surface area contributed by atoms with Gasteiger partial charge >= 0.3 is 0 Å². The summed E-state index contributed by atoms with van der Waals surface area (Å²) in [7, 11) is 0. The first-order valence-corrected chi connectivity index (χ1v) is 39.4. The molecule has 20 atom stereocenters. The van der Waals surface area contributed by atoms with Crippen LogP contribution in [0.5, 0.6) is 23.0 Å². The molecule has 0 saturated carbocycles. The number of rotatable bonds is 40. The summed E-state index contributed by atoms with van der Waals surface area (Å²) in [6.45, 7) is -1.07. The Kier molecular flexibility index (Phi) is 32.0. The molecule has 6 aliphatic heterocycles. The lowest BCUT2D eigenvalue weighted by atomic mass is 9.99. The molecule has 0 spiro atoms. The van der Waals surface area contributed by atoms with E-state index in [1.165, 1.54) is 0 Å². The standard InChI is InChI=1S/C84H102N4O32/c89-41-61-69(93)73(97)77(101)81(117-61)113-37-29-105-25-33-109-49-9-1-45(2-10-49)65-53-17-19-55(85-53)66(46-3-11-50(12-4-46)110-34-26-106-30-38-114-82-78(102)74(98)70(94)62(42-90)118-82)57-21-23-59(87-57)68(48-7-15-52(16-8-48)112-36-28-108-32-40-116-84-80(104)76(100)72(96)64(44-92)120-84)60-24-22-58(88-60)67(56-20-18-54(65)86-56)47-5-13-51(14-6-47)111-35-27-107-31-39-115-83-79(103)75(99)71(95)63(43-91)119-83/h1-24,61-64,69-85,88-104H,25-44H2/t61-,62-,63-,64-,69-,70-,71-,72-,73+,74+,75+,76+,77+,78+,79+,80+,81+,82+,83+,84+/m1/s1. The molecule has 0 aliphatic carbocycles. The molecule has 650 valence electrons. The second-order valence-electron chi connectivity index (χ2n) is 28.7. The summed E-state index contributed by atoms with van der Waals surface area (Å²) in [4.78, 5) is 18.5. The summed E-state index contributed by atoms with van der Waals surface area (Å²) in [6.07, 6.45) is -20.5. The molecule has 0 amide bonds. The Morgan fingerprint density at radius 3 is 0.642 bits per heavy atom. The number of hydrogen-bond acceptors (Lipinski definition) is 34. The topological polar surface area (TPSA) is 529 Å². The van der Waals surface area contributed by atoms with E-state index in [1.54, 1.807) is 0 Å². The summed E-state index contributed by atoms with van der Waals surface area (Å²) in [5, 5.41) is 161. The number of nitrogens with one attached hydrogen (secondary N) is 2. The van der Waals surface area contributed by atoms with Crippen LogP contribution in [-0.4, -0.2) is 357 Å². The Labute approximate surface area is 687 Å². The third-order valence-corrected chi connectivity index (χ3v) is 20.7. The number of H-pyrrole nitrogens is 2. The molecule has 8 bridgehead atoms. The van der Waals surface area contributed by atoms with Crippen LogP contribution in [0.4, 0.5) is 0 Å². The van der Waals surface area contributed by atoms with Gasteiger partial charge in [0.1, 0.15) is 147 Å². The van der Waals surface area contributed by atoms with Gasteiger partial charge in [0, 0.05) is 44.3 Å². The molecule has 4 aromatic carbocycles. The van der Waals surface area contributed by atoms with Crippen molar-refractivity contribution < 1.29 is 157 Å². The highest BCUT2D eigenvalue weighted by Gasteiger charge is 2.48. The lowest BCUT2D eigenvalue weighted by Crippen LogP contribution is -2.59. The molecule has 0 radical (unpaired) electrons. The van der Waals surface area contributed by atoms with E-state index < -0.39 is 149 Å². The average Bonchev–Trinajstić information content (AvgIpc) is 1.61. The molecule has 4 fully saturated rings. The van der Waals surface area contributed by atoms with Crippen LogP contribution in [-0.2, 0) is 56.8 Å².